The van der Waals surface area contributed by atoms with Gasteiger partial charge in [-0.15, -0.1) is 0 Å². The Bertz CT molecular complexity index is 342. The molecule has 0 fully saturated rings. The van der Waals surface area contributed by atoms with E-state index in [2.05, 4.69) is 5.32 Å². The van der Waals surface area contributed by atoms with Crippen molar-refractivity contribution in [3.05, 3.63) is 28.8 Å². The molecule has 0 unspecified atom stereocenters. The maximum Gasteiger partial charge on any atom is 0.252 e. The number of halogens is 1. The maximum absolute atomic E-state index is 11.4. The Labute approximate surface area is 86.7 Å². The highest BCUT2D eigenvalue weighted by Crippen LogP contribution is 2.18. The molecule has 0 aliphatic heterocycles. The number of nitrogens with two attached hydrogens (primary N) is 1. The topological polar surface area (TPSA) is 75.4 Å². The molecule has 4 nitrogen and oxygen atoms in total. The average molecular weight is 215 g/mol. The molecule has 0 heterocycles. The zero-order chi connectivity index (χ0) is 10.6. The molecule has 14 heavy (non-hydrogen) atoms. The second-order valence-corrected chi connectivity index (χ2v) is 3.13. The van der Waals surface area contributed by atoms with Crippen molar-refractivity contribution in [1.82, 2.24) is 5.32 Å². The van der Waals surface area contributed by atoms with Crippen LogP contribution < -0.4 is 11.1 Å². The summed E-state index contributed by atoms with van der Waals surface area (Å²) in [4.78, 5) is 11.4. The summed E-state index contributed by atoms with van der Waals surface area (Å²) >= 11 is 5.80. The molecule has 1 aromatic carbocycles. The van der Waals surface area contributed by atoms with Crippen molar-refractivity contribution in [2.75, 3.05) is 18.9 Å². The summed E-state index contributed by atoms with van der Waals surface area (Å²) in [6.07, 6.45) is 0. The number of amides is 1. The molecule has 76 valence electrons. The van der Waals surface area contributed by atoms with Crippen LogP contribution in [0.15, 0.2) is 18.2 Å². The molecule has 0 aromatic heterocycles. The van der Waals surface area contributed by atoms with Crippen molar-refractivity contribution < 1.29 is 9.90 Å². The molecule has 0 aliphatic carbocycles. The van der Waals surface area contributed by atoms with Gasteiger partial charge in [-0.1, -0.05) is 11.6 Å². The lowest BCUT2D eigenvalue weighted by molar-refractivity contribution is 0.0945. The third-order valence-electron chi connectivity index (χ3n) is 1.64. The minimum absolute atomic E-state index is 0.0989. The minimum atomic E-state index is -0.316. The van der Waals surface area contributed by atoms with Crippen molar-refractivity contribution in [2.24, 2.45) is 0 Å². The summed E-state index contributed by atoms with van der Waals surface area (Å²) < 4.78 is 0. The number of rotatable bonds is 3. The summed E-state index contributed by atoms with van der Waals surface area (Å²) in [6, 6.07) is 4.65. The molecule has 4 N–H and O–H groups in total. The zero-order valence-corrected chi connectivity index (χ0v) is 8.21. The molecule has 1 rings (SSSR count). The molecule has 5 heteroatoms. The van der Waals surface area contributed by atoms with E-state index in [0.29, 0.717) is 16.3 Å². The van der Waals surface area contributed by atoms with Gasteiger partial charge in [0.25, 0.3) is 5.91 Å². The number of aliphatic hydroxyl groups excluding tert-OH is 1. The molecule has 0 aliphatic rings. The van der Waals surface area contributed by atoms with E-state index in [1.54, 1.807) is 12.1 Å². The van der Waals surface area contributed by atoms with E-state index >= 15 is 0 Å². The van der Waals surface area contributed by atoms with E-state index in [0.717, 1.165) is 0 Å². The molecular weight excluding hydrogens is 204 g/mol. The Morgan fingerprint density at radius 2 is 2.29 bits per heavy atom. The molecule has 0 bridgehead atoms. The highest BCUT2D eigenvalue weighted by atomic mass is 35.5. The lowest BCUT2D eigenvalue weighted by atomic mass is 10.2. The first-order chi connectivity index (χ1) is 6.65. The Hall–Kier alpha value is -1.26. The SMILES string of the molecule is Nc1ccc(C(=O)NCCO)c(Cl)c1. The lowest BCUT2D eigenvalue weighted by Crippen LogP contribution is -2.26. The summed E-state index contributed by atoms with van der Waals surface area (Å²) in [5, 5.41) is 11.3. The summed E-state index contributed by atoms with van der Waals surface area (Å²) in [5.74, 6) is -0.316. The zero-order valence-electron chi connectivity index (χ0n) is 7.46. The van der Waals surface area contributed by atoms with Crippen molar-refractivity contribution >= 4 is 23.2 Å². The van der Waals surface area contributed by atoms with Crippen molar-refractivity contribution in [3.63, 3.8) is 0 Å². The van der Waals surface area contributed by atoms with Gasteiger partial charge in [0, 0.05) is 12.2 Å². The smallest absolute Gasteiger partial charge is 0.252 e. The number of carbonyl (C=O) groups excluding carboxylic acids is 1. The van der Waals surface area contributed by atoms with E-state index in [-0.39, 0.29) is 19.1 Å². The number of aliphatic hydroxyl groups is 1. The van der Waals surface area contributed by atoms with Crippen LogP contribution in [0.25, 0.3) is 0 Å². The van der Waals surface area contributed by atoms with Gasteiger partial charge in [-0.2, -0.15) is 0 Å². The number of benzene rings is 1. The lowest BCUT2D eigenvalue weighted by Gasteiger charge is -2.05. The fourth-order valence-electron chi connectivity index (χ4n) is 0.980. The van der Waals surface area contributed by atoms with Crippen LogP contribution in [0.4, 0.5) is 5.69 Å². The van der Waals surface area contributed by atoms with Gasteiger partial charge >= 0.3 is 0 Å². The number of hydrogen-bond donors (Lipinski definition) is 3. The number of nitrogens with one attached hydrogen (secondary N) is 1. The van der Waals surface area contributed by atoms with Gasteiger partial charge in [0.15, 0.2) is 0 Å². The van der Waals surface area contributed by atoms with Crippen LogP contribution in [0.3, 0.4) is 0 Å². The van der Waals surface area contributed by atoms with Crippen molar-refractivity contribution in [2.45, 2.75) is 0 Å². The van der Waals surface area contributed by atoms with Gasteiger partial charge in [0.05, 0.1) is 17.2 Å². The Morgan fingerprint density at radius 3 is 2.86 bits per heavy atom. The molecular formula is C9H11ClN2O2. The van der Waals surface area contributed by atoms with Crippen LogP contribution in [0.1, 0.15) is 10.4 Å². The third kappa shape index (κ3) is 2.61. The minimum Gasteiger partial charge on any atom is -0.399 e. The van der Waals surface area contributed by atoms with Crippen LogP contribution in [0.5, 0.6) is 0 Å². The van der Waals surface area contributed by atoms with Crippen LogP contribution in [-0.2, 0) is 0 Å². The summed E-state index contributed by atoms with van der Waals surface area (Å²) in [7, 11) is 0. The summed E-state index contributed by atoms with van der Waals surface area (Å²) in [6.45, 7) is 0.109. The monoisotopic (exact) mass is 214 g/mol. The van der Waals surface area contributed by atoms with Gasteiger partial charge in [-0.25, -0.2) is 0 Å². The second kappa shape index (κ2) is 4.83. The maximum atomic E-state index is 11.4. The number of nitrogen functional groups attached to an aromatic ring is 1. The van der Waals surface area contributed by atoms with E-state index in [4.69, 9.17) is 22.4 Å². The number of hydrogen-bond acceptors (Lipinski definition) is 3. The largest absolute Gasteiger partial charge is 0.399 e. The number of carbonyl (C=O) groups is 1. The van der Waals surface area contributed by atoms with Gasteiger partial charge < -0.3 is 16.2 Å². The van der Waals surface area contributed by atoms with Crippen LogP contribution >= 0.6 is 11.6 Å². The normalized spacial score (nSPS) is 9.86. The predicted octanol–water partition coefficient (Wildman–Crippen LogP) is 0.644. The van der Waals surface area contributed by atoms with Crippen molar-refractivity contribution in [3.8, 4) is 0 Å². The van der Waals surface area contributed by atoms with Gasteiger partial charge in [-0.3, -0.25) is 4.79 Å². The molecule has 0 saturated heterocycles. The molecule has 0 spiro atoms. The standard InChI is InChI=1S/C9H11ClN2O2/c10-8-5-6(11)1-2-7(8)9(14)12-3-4-13/h1-2,5,13H,3-4,11H2,(H,12,14). The van der Waals surface area contributed by atoms with E-state index in [1.807, 2.05) is 0 Å². The van der Waals surface area contributed by atoms with Crippen LogP contribution in [-0.4, -0.2) is 24.2 Å². The Kier molecular flexibility index (Phi) is 3.73. The average Bonchev–Trinajstić information content (AvgIpc) is 2.14. The van der Waals surface area contributed by atoms with E-state index in [1.165, 1.54) is 6.07 Å². The molecule has 0 radical (unpaired) electrons. The number of anilines is 1. The first-order valence-electron chi connectivity index (χ1n) is 4.09. The van der Waals surface area contributed by atoms with E-state index in [9.17, 15) is 4.79 Å². The summed E-state index contributed by atoms with van der Waals surface area (Å²) in [5.41, 5.74) is 6.34. The quantitative estimate of drug-likeness (QED) is 0.647. The fourth-order valence-corrected chi connectivity index (χ4v) is 1.25. The van der Waals surface area contributed by atoms with E-state index < -0.39 is 0 Å². The van der Waals surface area contributed by atoms with Crippen LogP contribution in [0, 0.1) is 0 Å². The molecule has 1 amide bonds. The first kappa shape index (κ1) is 10.8. The fraction of sp³-hybridized carbons (Fsp3) is 0.222. The Morgan fingerprint density at radius 1 is 1.57 bits per heavy atom. The first-order valence-corrected chi connectivity index (χ1v) is 4.47. The van der Waals surface area contributed by atoms with Gasteiger partial charge in [0.2, 0.25) is 0 Å². The van der Waals surface area contributed by atoms with Crippen LogP contribution in [0.2, 0.25) is 5.02 Å². The highest BCUT2D eigenvalue weighted by molar-refractivity contribution is 6.34. The third-order valence-corrected chi connectivity index (χ3v) is 1.95. The molecule has 0 saturated carbocycles. The molecule has 0 atom stereocenters. The highest BCUT2D eigenvalue weighted by Gasteiger charge is 2.08. The second-order valence-electron chi connectivity index (χ2n) is 2.72. The Balaban J connectivity index is 2.80. The van der Waals surface area contributed by atoms with Crippen molar-refractivity contribution in [1.29, 1.82) is 0 Å². The predicted molar refractivity (Wildman–Crippen MR) is 55.3 cm³/mol. The van der Waals surface area contributed by atoms with Gasteiger partial charge in [0.1, 0.15) is 0 Å². The molecule has 1 aromatic rings. The van der Waals surface area contributed by atoms with Gasteiger partial charge in [-0.05, 0) is 18.2 Å².